The molecule has 0 N–H and O–H groups in total. The maximum Gasteiger partial charge on any atom is 0.122 e. The van der Waals surface area contributed by atoms with Crippen molar-refractivity contribution in [2.75, 3.05) is 0 Å². The maximum absolute atomic E-state index is 7.59. The van der Waals surface area contributed by atoms with E-state index in [1.165, 1.54) is 11.5 Å². The Morgan fingerprint density at radius 1 is 1.21 bits per heavy atom. The van der Waals surface area contributed by atoms with E-state index < -0.39 is 0 Å². The minimum absolute atomic E-state index is 0. The molecule has 0 unspecified atom stereocenters. The van der Waals surface area contributed by atoms with Crippen LogP contribution in [0, 0.1) is 22.7 Å². The zero-order chi connectivity index (χ0) is 10.2. The van der Waals surface area contributed by atoms with Crippen molar-refractivity contribution in [2.45, 2.75) is 6.42 Å². The minimum Gasteiger partial charge on any atom is -0.197 e. The van der Waals surface area contributed by atoms with Gasteiger partial charge in [0.15, 0.2) is 0 Å². The molecular formula is C9H6N4S. The first-order valence-corrected chi connectivity index (χ1v) is 4.57. The van der Waals surface area contributed by atoms with Crippen LogP contribution in [0.3, 0.4) is 0 Å². The summed E-state index contributed by atoms with van der Waals surface area (Å²) in [5.41, 5.74) is 0.988. The Balaban J connectivity index is 0.000000171. The molecule has 0 amide bonds. The summed E-state index contributed by atoms with van der Waals surface area (Å²) >= 11 is 1.43. The van der Waals surface area contributed by atoms with Gasteiger partial charge < -0.3 is 0 Å². The number of hydrogen-bond acceptors (Lipinski definition) is 5. The van der Waals surface area contributed by atoms with Gasteiger partial charge in [-0.3, -0.25) is 0 Å². The van der Waals surface area contributed by atoms with Crippen LogP contribution in [-0.4, -0.2) is 9.59 Å². The van der Waals surface area contributed by atoms with Crippen LogP contribution < -0.4 is 0 Å². The van der Waals surface area contributed by atoms with Gasteiger partial charge in [-0.15, -0.1) is 5.10 Å². The number of fused-ring (bicyclic) bond motifs is 1. The molecule has 0 spiro atoms. The molecule has 5 heteroatoms. The molecule has 2 rings (SSSR count). The van der Waals surface area contributed by atoms with Gasteiger partial charge in [0.25, 0.3) is 0 Å². The Kier molecular flexibility index (Phi) is 4.06. The third kappa shape index (κ3) is 2.81. The summed E-state index contributed by atoms with van der Waals surface area (Å²) in [7, 11) is 0. The molecule has 0 fully saturated rings. The van der Waals surface area contributed by atoms with Gasteiger partial charge in [0.2, 0.25) is 0 Å². The first-order valence-electron chi connectivity index (χ1n) is 3.79. The van der Waals surface area contributed by atoms with Crippen molar-refractivity contribution in [2.24, 2.45) is 0 Å². The Morgan fingerprint density at radius 2 is 1.93 bits per heavy atom. The van der Waals surface area contributed by atoms with Crippen LogP contribution in [0.1, 0.15) is 6.42 Å². The van der Waals surface area contributed by atoms with Crippen molar-refractivity contribution in [3.8, 4) is 12.1 Å². The SMILES string of the molecule is N#CCC#N.c1ccc2snnc2c1. The summed E-state index contributed by atoms with van der Waals surface area (Å²) in [6.07, 6.45) is 0. The third-order valence-electron chi connectivity index (χ3n) is 1.31. The highest BCUT2D eigenvalue weighted by molar-refractivity contribution is 7.12. The summed E-state index contributed by atoms with van der Waals surface area (Å²) < 4.78 is 4.94. The average Bonchev–Trinajstić information content (AvgIpc) is 2.67. The molecule has 68 valence electrons. The van der Waals surface area contributed by atoms with Gasteiger partial charge in [-0.2, -0.15) is 10.5 Å². The van der Waals surface area contributed by atoms with Crippen LogP contribution in [0.5, 0.6) is 0 Å². The Morgan fingerprint density at radius 3 is 2.50 bits per heavy atom. The molecule has 4 nitrogen and oxygen atoms in total. The molecule has 0 saturated carbocycles. The smallest absolute Gasteiger partial charge is 0.122 e. The minimum atomic E-state index is 0. The summed E-state index contributed by atoms with van der Waals surface area (Å²) in [5.74, 6) is 0. The van der Waals surface area contributed by atoms with E-state index in [4.69, 9.17) is 10.5 Å². The lowest BCUT2D eigenvalue weighted by Gasteiger charge is -1.78. The Labute approximate surface area is 85.2 Å². The van der Waals surface area contributed by atoms with E-state index in [1.54, 1.807) is 12.1 Å². The van der Waals surface area contributed by atoms with Crippen LogP contribution in [0.2, 0.25) is 0 Å². The molecule has 1 heterocycles. The summed E-state index contributed by atoms with van der Waals surface area (Å²) in [6, 6.07) is 11.2. The predicted octanol–water partition coefficient (Wildman–Crippen LogP) is 2.11. The van der Waals surface area contributed by atoms with Crippen LogP contribution in [0.4, 0.5) is 0 Å². The van der Waals surface area contributed by atoms with Crippen LogP contribution >= 0.6 is 11.5 Å². The van der Waals surface area contributed by atoms with Gasteiger partial charge in [-0.1, -0.05) is 16.6 Å². The Bertz CT molecular complexity index is 435. The molecule has 14 heavy (non-hydrogen) atoms. The highest BCUT2D eigenvalue weighted by Gasteiger charge is 1.91. The zero-order valence-electron chi connectivity index (χ0n) is 7.21. The van der Waals surface area contributed by atoms with Crippen molar-refractivity contribution in [3.63, 3.8) is 0 Å². The molecule has 1 aromatic carbocycles. The first-order chi connectivity index (χ1) is 6.88. The van der Waals surface area contributed by atoms with Crippen molar-refractivity contribution < 1.29 is 0 Å². The zero-order valence-corrected chi connectivity index (χ0v) is 8.03. The largest absolute Gasteiger partial charge is 0.197 e. The van der Waals surface area contributed by atoms with Crippen molar-refractivity contribution in [3.05, 3.63) is 24.3 Å². The monoisotopic (exact) mass is 202 g/mol. The molecule has 0 bridgehead atoms. The predicted molar refractivity (Wildman–Crippen MR) is 53.3 cm³/mol. The second kappa shape index (κ2) is 5.63. The normalized spacial score (nSPS) is 8.14. The van der Waals surface area contributed by atoms with E-state index in [0.717, 1.165) is 10.2 Å². The highest BCUT2D eigenvalue weighted by Crippen LogP contribution is 2.12. The van der Waals surface area contributed by atoms with Gasteiger partial charge in [0.1, 0.15) is 11.9 Å². The molecular weight excluding hydrogens is 196 g/mol. The van der Waals surface area contributed by atoms with Crippen LogP contribution in [0.25, 0.3) is 10.2 Å². The molecule has 0 aliphatic carbocycles. The van der Waals surface area contributed by atoms with Gasteiger partial charge in [-0.05, 0) is 23.7 Å². The Hall–Kier alpha value is -1.98. The second-order valence-corrected chi connectivity index (χ2v) is 3.02. The molecule has 0 radical (unpaired) electrons. The number of benzene rings is 1. The quantitative estimate of drug-likeness (QED) is 0.655. The van der Waals surface area contributed by atoms with Gasteiger partial charge in [0, 0.05) is 0 Å². The van der Waals surface area contributed by atoms with E-state index in [-0.39, 0.29) is 6.42 Å². The average molecular weight is 202 g/mol. The summed E-state index contributed by atoms with van der Waals surface area (Å²) in [4.78, 5) is 0. The third-order valence-corrected chi connectivity index (χ3v) is 2.02. The fourth-order valence-corrected chi connectivity index (χ4v) is 1.32. The lowest BCUT2D eigenvalue weighted by atomic mass is 10.3. The van der Waals surface area contributed by atoms with Crippen molar-refractivity contribution in [1.29, 1.82) is 10.5 Å². The van der Waals surface area contributed by atoms with Crippen LogP contribution in [0.15, 0.2) is 24.3 Å². The van der Waals surface area contributed by atoms with E-state index in [1.807, 2.05) is 24.3 Å². The number of rotatable bonds is 0. The fraction of sp³-hybridized carbons (Fsp3) is 0.111. The highest BCUT2D eigenvalue weighted by atomic mass is 32.1. The molecule has 0 aliphatic heterocycles. The summed E-state index contributed by atoms with van der Waals surface area (Å²) in [5, 5.41) is 19.1. The van der Waals surface area contributed by atoms with E-state index in [0.29, 0.717) is 0 Å². The first kappa shape index (κ1) is 10.1. The number of nitriles is 2. The topological polar surface area (TPSA) is 73.4 Å². The number of nitrogens with zero attached hydrogens (tertiary/aromatic N) is 4. The van der Waals surface area contributed by atoms with Gasteiger partial charge in [0.05, 0.1) is 16.8 Å². The second-order valence-electron chi connectivity index (χ2n) is 2.23. The number of hydrogen-bond donors (Lipinski definition) is 0. The lowest BCUT2D eigenvalue weighted by molar-refractivity contribution is 1.20. The standard InChI is InChI=1S/C6H4N2S.C3H2N2/c1-2-4-6-5(3-1)7-8-9-6;4-2-1-3-5/h1-4H;1H2. The van der Waals surface area contributed by atoms with Crippen molar-refractivity contribution >= 4 is 21.7 Å². The van der Waals surface area contributed by atoms with E-state index in [2.05, 4.69) is 9.59 Å². The van der Waals surface area contributed by atoms with Gasteiger partial charge in [-0.25, -0.2) is 0 Å². The number of aromatic nitrogens is 2. The van der Waals surface area contributed by atoms with E-state index >= 15 is 0 Å². The molecule has 0 aliphatic rings. The van der Waals surface area contributed by atoms with E-state index in [9.17, 15) is 0 Å². The fourth-order valence-electron chi connectivity index (χ4n) is 0.761. The summed E-state index contributed by atoms with van der Waals surface area (Å²) in [6.45, 7) is 0. The lowest BCUT2D eigenvalue weighted by Crippen LogP contribution is -1.63. The molecule has 0 atom stereocenters. The molecule has 1 aromatic heterocycles. The molecule has 0 saturated heterocycles. The van der Waals surface area contributed by atoms with Crippen molar-refractivity contribution in [1.82, 2.24) is 9.59 Å². The van der Waals surface area contributed by atoms with Gasteiger partial charge >= 0.3 is 0 Å². The van der Waals surface area contributed by atoms with Crippen LogP contribution in [-0.2, 0) is 0 Å². The molecule has 2 aromatic rings. The maximum atomic E-state index is 7.59.